The maximum atomic E-state index is 11.3. The summed E-state index contributed by atoms with van der Waals surface area (Å²) in [6.45, 7) is 1.51. The van der Waals surface area contributed by atoms with Gasteiger partial charge >= 0.3 is 5.97 Å². The first-order chi connectivity index (χ1) is 9.25. The normalized spacial score (nSPS) is 25.2. The first-order valence-corrected chi connectivity index (χ1v) is 7.21. The lowest BCUT2D eigenvalue weighted by atomic mass is 10.1. The van der Waals surface area contributed by atoms with E-state index in [9.17, 15) is 4.79 Å². The summed E-state index contributed by atoms with van der Waals surface area (Å²) >= 11 is 0. The lowest BCUT2D eigenvalue weighted by Crippen LogP contribution is -2.04. The minimum atomic E-state index is -0.173. The maximum absolute atomic E-state index is 11.3. The molecule has 2 aliphatic carbocycles. The van der Waals surface area contributed by atoms with Crippen molar-refractivity contribution >= 4 is 5.97 Å². The van der Waals surface area contributed by atoms with Crippen molar-refractivity contribution in [2.24, 2.45) is 5.92 Å². The first-order valence-electron chi connectivity index (χ1n) is 7.21. The third-order valence-corrected chi connectivity index (χ3v) is 4.16. The van der Waals surface area contributed by atoms with Crippen LogP contribution in [-0.4, -0.2) is 5.97 Å². The molecule has 0 amide bonds. The number of benzene rings is 1. The van der Waals surface area contributed by atoms with E-state index >= 15 is 0 Å². The van der Waals surface area contributed by atoms with Crippen LogP contribution in [0.2, 0.25) is 0 Å². The van der Waals surface area contributed by atoms with Crippen molar-refractivity contribution in [3.8, 4) is 0 Å². The van der Waals surface area contributed by atoms with Crippen LogP contribution >= 0.6 is 0 Å². The van der Waals surface area contributed by atoms with Gasteiger partial charge in [0.1, 0.15) is 5.76 Å². The number of rotatable bonds is 3. The molecule has 2 fully saturated rings. The molecule has 2 atom stereocenters. The van der Waals surface area contributed by atoms with Gasteiger partial charge in [0.05, 0.1) is 0 Å². The van der Waals surface area contributed by atoms with E-state index in [0.717, 1.165) is 25.0 Å². The summed E-state index contributed by atoms with van der Waals surface area (Å²) in [6, 6.07) is 10.6. The molecule has 3 rings (SSSR count). The van der Waals surface area contributed by atoms with Crippen LogP contribution in [0.25, 0.3) is 0 Å². The zero-order valence-corrected chi connectivity index (χ0v) is 11.4. The summed E-state index contributed by atoms with van der Waals surface area (Å²) in [5.74, 6) is 1.80. The van der Waals surface area contributed by atoms with E-state index < -0.39 is 0 Å². The molecule has 0 aliphatic heterocycles. The summed E-state index contributed by atoms with van der Waals surface area (Å²) in [4.78, 5) is 11.3. The lowest BCUT2D eigenvalue weighted by Gasteiger charge is -2.11. The predicted octanol–water partition coefficient (Wildman–Crippen LogP) is 4.18. The Balaban J connectivity index is 1.80. The Hall–Kier alpha value is -1.57. The molecule has 2 aliphatic rings. The van der Waals surface area contributed by atoms with Gasteiger partial charge in [-0.1, -0.05) is 30.3 Å². The van der Waals surface area contributed by atoms with Gasteiger partial charge < -0.3 is 4.74 Å². The highest BCUT2D eigenvalue weighted by Crippen LogP contribution is 2.53. The van der Waals surface area contributed by atoms with Gasteiger partial charge in [-0.15, -0.1) is 0 Å². The van der Waals surface area contributed by atoms with Gasteiger partial charge in [-0.05, 0) is 49.2 Å². The zero-order valence-electron chi connectivity index (χ0n) is 11.4. The number of hydrogen-bond donors (Lipinski definition) is 0. The van der Waals surface area contributed by atoms with Gasteiger partial charge in [0, 0.05) is 12.8 Å². The molecule has 0 saturated heterocycles. The van der Waals surface area contributed by atoms with Crippen molar-refractivity contribution < 1.29 is 9.53 Å². The quantitative estimate of drug-likeness (QED) is 0.599. The van der Waals surface area contributed by atoms with Crippen LogP contribution in [0, 0.1) is 5.92 Å². The number of hydrogen-bond acceptors (Lipinski definition) is 2. The highest BCUT2D eigenvalue weighted by atomic mass is 16.5. The molecule has 1 aromatic rings. The van der Waals surface area contributed by atoms with Crippen LogP contribution in [-0.2, 0) is 9.53 Å². The summed E-state index contributed by atoms with van der Waals surface area (Å²) in [6.07, 6.45) is 5.82. The summed E-state index contributed by atoms with van der Waals surface area (Å²) in [5.41, 5.74) is 2.76. The van der Waals surface area contributed by atoms with Crippen molar-refractivity contribution in [3.05, 3.63) is 47.2 Å². The minimum Gasteiger partial charge on any atom is -0.431 e. The van der Waals surface area contributed by atoms with Crippen LogP contribution in [0.15, 0.2) is 41.7 Å². The van der Waals surface area contributed by atoms with E-state index in [1.165, 1.54) is 30.9 Å². The van der Waals surface area contributed by atoms with E-state index in [0.29, 0.717) is 11.8 Å². The molecular formula is C17H20O2. The summed E-state index contributed by atoms with van der Waals surface area (Å²) < 4.78 is 5.55. The van der Waals surface area contributed by atoms with Gasteiger partial charge in [-0.25, -0.2) is 0 Å². The first kappa shape index (κ1) is 12.5. The molecule has 0 bridgehead atoms. The number of esters is 1. The van der Waals surface area contributed by atoms with Gasteiger partial charge in [0.25, 0.3) is 0 Å². The van der Waals surface area contributed by atoms with E-state index in [1.807, 2.05) is 6.07 Å². The number of carbonyl (C=O) groups excluding carboxylic acids is 1. The monoisotopic (exact) mass is 256 g/mol. The molecule has 2 saturated carbocycles. The van der Waals surface area contributed by atoms with E-state index in [4.69, 9.17) is 4.74 Å². The molecule has 2 nitrogen and oxygen atoms in total. The summed E-state index contributed by atoms with van der Waals surface area (Å²) in [5, 5.41) is 0. The lowest BCUT2D eigenvalue weighted by molar-refractivity contribution is -0.137. The molecule has 0 spiro atoms. The fourth-order valence-electron chi connectivity index (χ4n) is 3.17. The second-order valence-electron chi connectivity index (χ2n) is 5.63. The zero-order chi connectivity index (χ0) is 13.2. The standard InChI is InChI=1S/C17H20O2/c1-12(18)19-17(14-9-5-6-10-14)16-11-15(16)13-7-3-2-4-8-13/h2-4,7-8,15-16H,5-6,9-11H2,1H3. The molecule has 0 N–H and O–H groups in total. The van der Waals surface area contributed by atoms with Crippen molar-refractivity contribution in [3.63, 3.8) is 0 Å². The highest BCUT2D eigenvalue weighted by Gasteiger charge is 2.44. The SMILES string of the molecule is CC(=O)OC(=C1CCCC1)C1CC1c1ccccc1. The second-order valence-corrected chi connectivity index (χ2v) is 5.63. The van der Waals surface area contributed by atoms with Gasteiger partial charge in [-0.2, -0.15) is 0 Å². The predicted molar refractivity (Wildman–Crippen MR) is 74.6 cm³/mol. The molecule has 19 heavy (non-hydrogen) atoms. The van der Waals surface area contributed by atoms with Gasteiger partial charge in [0.2, 0.25) is 0 Å². The molecular weight excluding hydrogens is 236 g/mol. The van der Waals surface area contributed by atoms with Crippen molar-refractivity contribution in [1.82, 2.24) is 0 Å². The molecule has 1 aromatic carbocycles. The van der Waals surface area contributed by atoms with Crippen LogP contribution in [0.3, 0.4) is 0 Å². The van der Waals surface area contributed by atoms with Crippen LogP contribution in [0.1, 0.15) is 50.5 Å². The molecule has 100 valence electrons. The Kier molecular flexibility index (Phi) is 3.41. The Morgan fingerprint density at radius 3 is 2.47 bits per heavy atom. The van der Waals surface area contributed by atoms with Gasteiger partial charge in [0.15, 0.2) is 0 Å². The Bertz CT molecular complexity index is 493. The van der Waals surface area contributed by atoms with Crippen molar-refractivity contribution in [2.75, 3.05) is 0 Å². The fraction of sp³-hybridized carbons (Fsp3) is 0.471. The fourth-order valence-corrected chi connectivity index (χ4v) is 3.17. The Morgan fingerprint density at radius 2 is 1.84 bits per heavy atom. The summed E-state index contributed by atoms with van der Waals surface area (Å²) in [7, 11) is 0. The molecule has 0 aromatic heterocycles. The molecule has 2 unspecified atom stereocenters. The maximum Gasteiger partial charge on any atom is 0.307 e. The Morgan fingerprint density at radius 1 is 1.16 bits per heavy atom. The smallest absolute Gasteiger partial charge is 0.307 e. The van der Waals surface area contributed by atoms with Crippen LogP contribution in [0.4, 0.5) is 0 Å². The van der Waals surface area contributed by atoms with E-state index in [-0.39, 0.29) is 5.97 Å². The van der Waals surface area contributed by atoms with Crippen molar-refractivity contribution in [1.29, 1.82) is 0 Å². The van der Waals surface area contributed by atoms with Crippen molar-refractivity contribution in [2.45, 2.75) is 44.9 Å². The van der Waals surface area contributed by atoms with E-state index in [1.54, 1.807) is 0 Å². The van der Waals surface area contributed by atoms with Gasteiger partial charge in [-0.3, -0.25) is 4.79 Å². The topological polar surface area (TPSA) is 26.3 Å². The average molecular weight is 256 g/mol. The second kappa shape index (κ2) is 5.20. The third-order valence-electron chi connectivity index (χ3n) is 4.16. The number of ether oxygens (including phenoxy) is 1. The van der Waals surface area contributed by atoms with Crippen LogP contribution < -0.4 is 0 Å². The molecule has 2 heteroatoms. The van der Waals surface area contributed by atoms with E-state index in [2.05, 4.69) is 24.3 Å². The van der Waals surface area contributed by atoms with Crippen LogP contribution in [0.5, 0.6) is 0 Å². The average Bonchev–Trinajstić information content (AvgIpc) is 3.02. The molecule has 0 radical (unpaired) electrons. The third kappa shape index (κ3) is 2.73. The highest BCUT2D eigenvalue weighted by molar-refractivity contribution is 5.67. The number of carbonyl (C=O) groups is 1. The largest absolute Gasteiger partial charge is 0.431 e. The number of allylic oxidation sites excluding steroid dienone is 2. The Labute approximate surface area is 114 Å². The minimum absolute atomic E-state index is 0.173. The molecule has 0 heterocycles.